The van der Waals surface area contributed by atoms with Gasteiger partial charge in [0.05, 0.1) is 30.5 Å². The van der Waals surface area contributed by atoms with Crippen molar-refractivity contribution in [2.24, 2.45) is 0 Å². The Kier molecular flexibility index (Phi) is 8.02. The van der Waals surface area contributed by atoms with Crippen LogP contribution in [0.25, 0.3) is 27.8 Å². The number of halogens is 1. The standard InChI is InChI=1S/C35H33FN4O4/c1-4-44-27-10-7-9-25(20-27)40-22-32(37-33(40)29-13-12-23(2)18-31(29)36)34(41)39-16-14-38(15-17-39)26-19-24-8-5-6-11-28(24)30(21-26)35(42)43-3/h5-13,18-22H,4,14-17H2,1-3H3. The van der Waals surface area contributed by atoms with Gasteiger partial charge in [-0.25, -0.2) is 14.2 Å². The number of aromatic nitrogens is 2. The maximum atomic E-state index is 15.2. The first kappa shape index (κ1) is 28.9. The molecule has 1 saturated heterocycles. The number of anilines is 1. The van der Waals surface area contributed by atoms with Crippen LogP contribution in [0.5, 0.6) is 5.75 Å². The summed E-state index contributed by atoms with van der Waals surface area (Å²) >= 11 is 0. The molecule has 1 aliphatic rings. The van der Waals surface area contributed by atoms with Crippen LogP contribution in [0.3, 0.4) is 0 Å². The molecule has 0 aliphatic carbocycles. The fourth-order valence-corrected chi connectivity index (χ4v) is 5.65. The van der Waals surface area contributed by atoms with Crippen LogP contribution in [0.15, 0.2) is 85.1 Å². The minimum atomic E-state index is -0.410. The Morgan fingerprint density at radius 1 is 0.909 bits per heavy atom. The highest BCUT2D eigenvalue weighted by molar-refractivity contribution is 6.06. The highest BCUT2D eigenvalue weighted by atomic mass is 19.1. The number of benzene rings is 4. The molecule has 6 rings (SSSR count). The van der Waals surface area contributed by atoms with Gasteiger partial charge in [0.1, 0.15) is 23.1 Å². The fourth-order valence-electron chi connectivity index (χ4n) is 5.65. The number of imidazole rings is 1. The van der Waals surface area contributed by atoms with Crippen LogP contribution in [-0.2, 0) is 4.74 Å². The van der Waals surface area contributed by atoms with Crippen molar-refractivity contribution in [1.29, 1.82) is 0 Å². The number of aryl methyl sites for hydroxylation is 1. The summed E-state index contributed by atoms with van der Waals surface area (Å²) in [4.78, 5) is 34.9. The maximum Gasteiger partial charge on any atom is 0.338 e. The van der Waals surface area contributed by atoms with Crippen molar-refractivity contribution in [2.75, 3.05) is 44.8 Å². The van der Waals surface area contributed by atoms with Gasteiger partial charge in [0.25, 0.3) is 5.91 Å². The van der Waals surface area contributed by atoms with Gasteiger partial charge in [-0.15, -0.1) is 0 Å². The van der Waals surface area contributed by atoms with E-state index in [-0.39, 0.29) is 17.6 Å². The SMILES string of the molecule is CCOc1cccc(-n2cc(C(=O)N3CCN(c4cc(C(=O)OC)c5ccccc5c4)CC3)nc2-c2ccc(C)cc2F)c1. The van der Waals surface area contributed by atoms with E-state index in [1.54, 1.807) is 21.7 Å². The molecular weight excluding hydrogens is 559 g/mol. The van der Waals surface area contributed by atoms with Crippen LogP contribution < -0.4 is 9.64 Å². The van der Waals surface area contributed by atoms with Gasteiger partial charge in [0, 0.05) is 44.1 Å². The first-order valence-corrected chi connectivity index (χ1v) is 14.6. The topological polar surface area (TPSA) is 76.9 Å². The number of esters is 1. The Labute approximate surface area is 255 Å². The summed E-state index contributed by atoms with van der Waals surface area (Å²) in [5.74, 6) is -0.0224. The van der Waals surface area contributed by atoms with Gasteiger partial charge in [0.15, 0.2) is 0 Å². The molecule has 44 heavy (non-hydrogen) atoms. The summed E-state index contributed by atoms with van der Waals surface area (Å²) < 4.78 is 27.7. The van der Waals surface area contributed by atoms with Crippen molar-refractivity contribution >= 4 is 28.3 Å². The molecule has 9 heteroatoms. The van der Waals surface area contributed by atoms with E-state index in [1.165, 1.54) is 13.2 Å². The quantitative estimate of drug-likeness (QED) is 0.207. The van der Waals surface area contributed by atoms with E-state index in [1.807, 2.05) is 74.5 Å². The smallest absolute Gasteiger partial charge is 0.338 e. The second kappa shape index (κ2) is 12.2. The van der Waals surface area contributed by atoms with E-state index in [2.05, 4.69) is 16.0 Å². The number of carbonyl (C=O) groups is 2. The van der Waals surface area contributed by atoms with Crippen molar-refractivity contribution in [3.8, 4) is 22.8 Å². The second-order valence-electron chi connectivity index (χ2n) is 10.7. The number of amides is 1. The van der Waals surface area contributed by atoms with E-state index >= 15 is 4.39 Å². The van der Waals surface area contributed by atoms with E-state index in [4.69, 9.17) is 9.47 Å². The number of hydrogen-bond acceptors (Lipinski definition) is 6. The molecule has 1 fully saturated rings. The molecule has 0 N–H and O–H groups in total. The minimum absolute atomic E-state index is 0.230. The minimum Gasteiger partial charge on any atom is -0.494 e. The van der Waals surface area contributed by atoms with Crippen molar-refractivity contribution in [1.82, 2.24) is 14.5 Å². The number of nitrogens with zero attached hydrogens (tertiary/aromatic N) is 4. The Bertz CT molecular complexity index is 1860. The third-order valence-electron chi connectivity index (χ3n) is 7.88. The lowest BCUT2D eigenvalue weighted by Crippen LogP contribution is -2.49. The second-order valence-corrected chi connectivity index (χ2v) is 10.7. The lowest BCUT2D eigenvalue weighted by atomic mass is 10.0. The molecule has 0 radical (unpaired) electrons. The van der Waals surface area contributed by atoms with Crippen molar-refractivity contribution in [3.05, 3.63) is 108 Å². The van der Waals surface area contributed by atoms with E-state index < -0.39 is 5.82 Å². The zero-order valence-electron chi connectivity index (χ0n) is 24.9. The van der Waals surface area contributed by atoms with Crippen LogP contribution >= 0.6 is 0 Å². The number of ether oxygens (including phenoxy) is 2. The van der Waals surface area contributed by atoms with Gasteiger partial charge >= 0.3 is 5.97 Å². The summed E-state index contributed by atoms with van der Waals surface area (Å²) in [6, 6.07) is 24.0. The van der Waals surface area contributed by atoms with Crippen LogP contribution in [-0.4, -0.2) is 66.2 Å². The van der Waals surface area contributed by atoms with Gasteiger partial charge in [0.2, 0.25) is 0 Å². The van der Waals surface area contributed by atoms with Crippen molar-refractivity contribution in [3.63, 3.8) is 0 Å². The Morgan fingerprint density at radius 2 is 1.70 bits per heavy atom. The van der Waals surface area contributed by atoms with Crippen molar-refractivity contribution < 1.29 is 23.5 Å². The first-order chi connectivity index (χ1) is 21.4. The monoisotopic (exact) mass is 592 g/mol. The maximum absolute atomic E-state index is 15.2. The summed E-state index contributed by atoms with van der Waals surface area (Å²) in [5.41, 5.74) is 3.44. The number of hydrogen-bond donors (Lipinski definition) is 0. The number of piperazine rings is 1. The molecule has 1 aromatic heterocycles. The Hall–Kier alpha value is -5.18. The predicted octanol–water partition coefficient (Wildman–Crippen LogP) is 6.29. The molecule has 8 nitrogen and oxygen atoms in total. The van der Waals surface area contributed by atoms with Crippen LogP contribution in [0.1, 0.15) is 33.3 Å². The van der Waals surface area contributed by atoms with E-state index in [9.17, 15) is 9.59 Å². The molecule has 0 unspecified atom stereocenters. The highest BCUT2D eigenvalue weighted by Gasteiger charge is 2.27. The Balaban J connectivity index is 1.28. The van der Waals surface area contributed by atoms with Crippen LogP contribution in [0, 0.1) is 12.7 Å². The molecule has 1 amide bonds. The van der Waals surface area contributed by atoms with Gasteiger partial charge in [-0.05, 0) is 66.6 Å². The van der Waals surface area contributed by atoms with E-state index in [0.717, 1.165) is 22.0 Å². The molecule has 0 saturated carbocycles. The fraction of sp³-hybridized carbons (Fsp3) is 0.229. The summed E-state index contributed by atoms with van der Waals surface area (Å²) in [7, 11) is 1.38. The van der Waals surface area contributed by atoms with Gasteiger partial charge in [-0.2, -0.15) is 0 Å². The highest BCUT2D eigenvalue weighted by Crippen LogP contribution is 2.30. The molecule has 0 spiro atoms. The summed E-state index contributed by atoms with van der Waals surface area (Å²) in [5, 5.41) is 1.78. The summed E-state index contributed by atoms with van der Waals surface area (Å²) in [6.07, 6.45) is 1.67. The van der Waals surface area contributed by atoms with Gasteiger partial charge < -0.3 is 19.3 Å². The lowest BCUT2D eigenvalue weighted by Gasteiger charge is -2.36. The van der Waals surface area contributed by atoms with Crippen LogP contribution in [0.4, 0.5) is 10.1 Å². The zero-order valence-corrected chi connectivity index (χ0v) is 24.9. The molecule has 4 aromatic carbocycles. The lowest BCUT2D eigenvalue weighted by molar-refractivity contribution is 0.0602. The van der Waals surface area contributed by atoms with Gasteiger partial charge in [-0.3, -0.25) is 9.36 Å². The molecule has 0 bridgehead atoms. The zero-order chi connectivity index (χ0) is 30.8. The van der Waals surface area contributed by atoms with Crippen molar-refractivity contribution in [2.45, 2.75) is 13.8 Å². The molecule has 224 valence electrons. The number of methoxy groups -OCH3 is 1. The number of fused-ring (bicyclic) bond motifs is 1. The largest absolute Gasteiger partial charge is 0.494 e. The Morgan fingerprint density at radius 3 is 2.45 bits per heavy atom. The average Bonchev–Trinajstić information content (AvgIpc) is 3.49. The number of rotatable bonds is 7. The molecule has 1 aliphatic heterocycles. The molecule has 5 aromatic rings. The van der Waals surface area contributed by atoms with Gasteiger partial charge in [-0.1, -0.05) is 36.4 Å². The first-order valence-electron chi connectivity index (χ1n) is 14.6. The van der Waals surface area contributed by atoms with Crippen LogP contribution in [0.2, 0.25) is 0 Å². The number of carbonyl (C=O) groups excluding carboxylic acids is 2. The molecular formula is C35H33FN4O4. The normalized spacial score (nSPS) is 13.3. The average molecular weight is 593 g/mol. The predicted molar refractivity (Wildman–Crippen MR) is 168 cm³/mol. The van der Waals surface area contributed by atoms with E-state index in [0.29, 0.717) is 61.2 Å². The molecule has 2 heterocycles. The molecule has 0 atom stereocenters. The summed E-state index contributed by atoms with van der Waals surface area (Å²) in [6.45, 7) is 6.30. The third kappa shape index (κ3) is 5.60. The third-order valence-corrected chi connectivity index (χ3v) is 7.88.